The van der Waals surface area contributed by atoms with Gasteiger partial charge >= 0.3 is 0 Å². The summed E-state index contributed by atoms with van der Waals surface area (Å²) in [5.74, 6) is 0. The molecule has 16 heavy (non-hydrogen) atoms. The van der Waals surface area contributed by atoms with Gasteiger partial charge in [-0.25, -0.2) is 0 Å². The van der Waals surface area contributed by atoms with Crippen molar-refractivity contribution in [3.8, 4) is 0 Å². The van der Waals surface area contributed by atoms with Gasteiger partial charge in [0.05, 0.1) is 0 Å². The van der Waals surface area contributed by atoms with Gasteiger partial charge in [0.15, 0.2) is 0 Å². The van der Waals surface area contributed by atoms with E-state index >= 15 is 0 Å². The number of rotatable bonds is 0. The minimum absolute atomic E-state index is 0.825. The van der Waals surface area contributed by atoms with Crippen molar-refractivity contribution in [3.63, 3.8) is 0 Å². The van der Waals surface area contributed by atoms with Gasteiger partial charge in [-0.2, -0.15) is 0 Å². The van der Waals surface area contributed by atoms with Crippen LogP contribution in [0.25, 0.3) is 0 Å². The summed E-state index contributed by atoms with van der Waals surface area (Å²) in [6.45, 7) is 6.97. The van der Waals surface area contributed by atoms with Crippen LogP contribution in [0.3, 0.4) is 0 Å². The maximum Gasteiger partial charge on any atom is 0.0132 e. The van der Waals surface area contributed by atoms with E-state index in [4.69, 9.17) is 0 Å². The lowest BCUT2D eigenvalue weighted by molar-refractivity contribution is 0.166. The molecule has 0 aromatic heterocycles. The fourth-order valence-corrected chi connectivity index (χ4v) is 3.24. The number of hydrogen-bond donors (Lipinski definition) is 0. The van der Waals surface area contributed by atoms with Crippen molar-refractivity contribution in [3.05, 3.63) is 12.2 Å². The third kappa shape index (κ3) is 3.62. The zero-order valence-electron chi connectivity index (χ0n) is 10.7. The van der Waals surface area contributed by atoms with Crippen LogP contribution >= 0.6 is 0 Å². The lowest BCUT2D eigenvalue weighted by Gasteiger charge is -2.33. The van der Waals surface area contributed by atoms with Crippen molar-refractivity contribution >= 4 is 0 Å². The zero-order chi connectivity index (χ0) is 11.2. The Hall–Kier alpha value is -0.300. The van der Waals surface area contributed by atoms with Gasteiger partial charge in [0, 0.05) is 6.04 Å². The summed E-state index contributed by atoms with van der Waals surface area (Å²) in [5, 5.41) is 0. The third-order valence-corrected chi connectivity index (χ3v) is 4.25. The van der Waals surface area contributed by atoms with Crippen LogP contribution in [0.4, 0.5) is 0 Å². The molecule has 1 unspecified atom stereocenters. The molecule has 0 radical (unpaired) electrons. The second kappa shape index (κ2) is 6.44. The van der Waals surface area contributed by atoms with E-state index in [0.29, 0.717) is 0 Å². The van der Waals surface area contributed by atoms with Crippen molar-refractivity contribution in [1.82, 2.24) is 4.90 Å². The highest BCUT2D eigenvalue weighted by molar-refractivity contribution is 4.99. The van der Waals surface area contributed by atoms with Gasteiger partial charge in [-0.05, 0) is 51.6 Å². The van der Waals surface area contributed by atoms with Gasteiger partial charge in [-0.15, -0.1) is 0 Å². The Labute approximate surface area is 101 Å². The van der Waals surface area contributed by atoms with Gasteiger partial charge in [-0.1, -0.05) is 37.8 Å². The van der Waals surface area contributed by atoms with Gasteiger partial charge < -0.3 is 4.90 Å². The standard InChI is InChI=1S/C15H27N/c1-14-9-5-4-8-12-16-11-7-3-2-6-10-15(16)13-14/h15H,1-13H2. The average molecular weight is 221 g/mol. The largest absolute Gasteiger partial charge is 0.300 e. The molecule has 0 N–H and O–H groups in total. The lowest BCUT2D eigenvalue weighted by Crippen LogP contribution is -2.37. The lowest BCUT2D eigenvalue weighted by atomic mass is 9.95. The maximum atomic E-state index is 4.28. The molecule has 2 rings (SSSR count). The first-order valence-corrected chi connectivity index (χ1v) is 7.27. The summed E-state index contributed by atoms with van der Waals surface area (Å²) in [6.07, 6.45) is 13.9. The predicted octanol–water partition coefficient (Wildman–Crippen LogP) is 4.14. The van der Waals surface area contributed by atoms with E-state index < -0.39 is 0 Å². The molecule has 0 saturated carbocycles. The molecule has 2 fully saturated rings. The quantitative estimate of drug-likeness (QED) is 0.556. The highest BCUT2D eigenvalue weighted by Crippen LogP contribution is 2.25. The summed E-state index contributed by atoms with van der Waals surface area (Å²) in [4.78, 5) is 2.77. The van der Waals surface area contributed by atoms with E-state index in [2.05, 4.69) is 11.5 Å². The molecule has 1 atom stereocenters. The number of fused-ring (bicyclic) bond motifs is 1. The number of nitrogens with zero attached hydrogens (tertiary/aromatic N) is 1. The molecule has 0 aliphatic carbocycles. The van der Waals surface area contributed by atoms with Gasteiger partial charge in [0.25, 0.3) is 0 Å². The van der Waals surface area contributed by atoms with Crippen LogP contribution in [0.15, 0.2) is 12.2 Å². The highest BCUT2D eigenvalue weighted by Gasteiger charge is 2.21. The first-order valence-electron chi connectivity index (χ1n) is 7.27. The molecule has 92 valence electrons. The van der Waals surface area contributed by atoms with E-state index in [1.807, 2.05) is 0 Å². The van der Waals surface area contributed by atoms with Gasteiger partial charge in [0.1, 0.15) is 0 Å². The van der Waals surface area contributed by atoms with Crippen LogP contribution in [-0.4, -0.2) is 24.0 Å². The Balaban J connectivity index is 1.98. The van der Waals surface area contributed by atoms with E-state index in [1.54, 1.807) is 0 Å². The summed E-state index contributed by atoms with van der Waals surface area (Å²) >= 11 is 0. The summed E-state index contributed by atoms with van der Waals surface area (Å²) in [5.41, 5.74) is 1.51. The maximum absolute atomic E-state index is 4.28. The average Bonchev–Trinajstić information content (AvgIpc) is 2.31. The zero-order valence-corrected chi connectivity index (χ0v) is 10.7. The van der Waals surface area contributed by atoms with E-state index in [9.17, 15) is 0 Å². The topological polar surface area (TPSA) is 3.24 Å². The Morgan fingerprint density at radius 3 is 2.38 bits per heavy atom. The molecule has 0 aromatic rings. The Morgan fingerprint density at radius 2 is 1.56 bits per heavy atom. The second-order valence-electron chi connectivity index (χ2n) is 5.66. The Morgan fingerprint density at radius 1 is 0.875 bits per heavy atom. The van der Waals surface area contributed by atoms with Crippen LogP contribution in [0.2, 0.25) is 0 Å². The van der Waals surface area contributed by atoms with Crippen LogP contribution in [-0.2, 0) is 0 Å². The third-order valence-electron chi connectivity index (χ3n) is 4.25. The molecule has 0 aromatic carbocycles. The highest BCUT2D eigenvalue weighted by atomic mass is 15.1. The molecular formula is C15H27N. The summed E-state index contributed by atoms with van der Waals surface area (Å²) < 4.78 is 0. The summed E-state index contributed by atoms with van der Waals surface area (Å²) in [7, 11) is 0. The van der Waals surface area contributed by atoms with Crippen molar-refractivity contribution < 1.29 is 0 Å². The molecule has 1 nitrogen and oxygen atoms in total. The van der Waals surface area contributed by atoms with E-state index in [1.165, 1.54) is 82.9 Å². The molecule has 2 heterocycles. The second-order valence-corrected chi connectivity index (χ2v) is 5.66. The molecular weight excluding hydrogens is 194 g/mol. The molecule has 0 bridgehead atoms. The summed E-state index contributed by atoms with van der Waals surface area (Å²) in [6, 6.07) is 0.825. The molecule has 2 aliphatic rings. The molecule has 2 aliphatic heterocycles. The minimum Gasteiger partial charge on any atom is -0.300 e. The van der Waals surface area contributed by atoms with Crippen LogP contribution in [0.5, 0.6) is 0 Å². The molecule has 1 heteroatoms. The fourth-order valence-electron chi connectivity index (χ4n) is 3.24. The first kappa shape index (κ1) is 12.2. The van der Waals surface area contributed by atoms with Crippen LogP contribution in [0, 0.1) is 0 Å². The first-order chi connectivity index (χ1) is 7.86. The van der Waals surface area contributed by atoms with Crippen molar-refractivity contribution in [2.75, 3.05) is 13.1 Å². The molecule has 2 saturated heterocycles. The normalized spacial score (nSPS) is 30.5. The van der Waals surface area contributed by atoms with E-state index in [0.717, 1.165) is 6.04 Å². The number of hydrogen-bond acceptors (Lipinski definition) is 1. The SMILES string of the molecule is C=C1CCCCCN2CCCCCCC2C1. The predicted molar refractivity (Wildman–Crippen MR) is 70.7 cm³/mol. The molecule has 0 spiro atoms. The van der Waals surface area contributed by atoms with Gasteiger partial charge in [0.2, 0.25) is 0 Å². The fraction of sp³-hybridized carbons (Fsp3) is 0.867. The molecule has 0 amide bonds. The Kier molecular flexibility index (Phi) is 4.90. The van der Waals surface area contributed by atoms with Crippen molar-refractivity contribution in [2.45, 2.75) is 70.3 Å². The Bertz CT molecular complexity index is 221. The van der Waals surface area contributed by atoms with E-state index in [-0.39, 0.29) is 0 Å². The van der Waals surface area contributed by atoms with Gasteiger partial charge in [-0.3, -0.25) is 0 Å². The van der Waals surface area contributed by atoms with Crippen LogP contribution < -0.4 is 0 Å². The van der Waals surface area contributed by atoms with Crippen LogP contribution in [0.1, 0.15) is 64.2 Å². The van der Waals surface area contributed by atoms with Crippen molar-refractivity contribution in [1.29, 1.82) is 0 Å². The monoisotopic (exact) mass is 221 g/mol. The smallest absolute Gasteiger partial charge is 0.0132 e. The van der Waals surface area contributed by atoms with Crippen molar-refractivity contribution in [2.24, 2.45) is 0 Å². The minimum atomic E-state index is 0.825.